The first-order valence-corrected chi connectivity index (χ1v) is 20.9. The summed E-state index contributed by atoms with van der Waals surface area (Å²) in [5.74, 6) is 0. The molecular weight excluding hydrogens is 711 g/mol. The van der Waals surface area contributed by atoms with Gasteiger partial charge in [0.15, 0.2) is 0 Å². The Morgan fingerprint density at radius 2 is 1.08 bits per heavy atom. The van der Waals surface area contributed by atoms with Gasteiger partial charge in [-0.15, -0.1) is 0 Å². The van der Waals surface area contributed by atoms with Crippen LogP contribution in [-0.2, 0) is 5.41 Å². The molecule has 59 heavy (non-hydrogen) atoms. The molecule has 3 aliphatic rings. The lowest BCUT2D eigenvalue weighted by Crippen LogP contribution is -2.30. The number of dihydropyridines is 1. The summed E-state index contributed by atoms with van der Waals surface area (Å²) in [6.07, 6.45) is 13.8. The molecule has 2 aliphatic carbocycles. The molecule has 11 rings (SSSR count). The molecular formula is C58H43N. The summed E-state index contributed by atoms with van der Waals surface area (Å²) in [6.45, 7) is 0. The molecule has 0 bridgehead atoms. The van der Waals surface area contributed by atoms with Crippen LogP contribution in [0.5, 0.6) is 0 Å². The average Bonchev–Trinajstić information content (AvgIpc) is 3.62. The van der Waals surface area contributed by atoms with Crippen molar-refractivity contribution in [1.82, 2.24) is 5.32 Å². The standard InChI is InChI=1S/C58H43N/c1-5-17-40(18-6-1)42-29-31-44(32-30-42)47-38-54(45-35-33-43(34-36-45)41-19-7-2-8-20-41)59-55(39-47)57-50-26-14-13-21-46(50)37-53-56(57)51-27-15-16-28-52(51)58(53,48-22-9-3-10-23-48)49-24-11-4-12-25-49/h1-11,13-24,26-39,55,59H,12,25H2. The normalized spacial score (nSPS) is 18.0. The van der Waals surface area contributed by atoms with E-state index in [0.717, 1.165) is 24.1 Å². The molecule has 8 aromatic rings. The number of hydrogen-bond donors (Lipinski definition) is 1. The van der Waals surface area contributed by atoms with Crippen LogP contribution in [0.2, 0.25) is 0 Å². The quantitative estimate of drug-likeness (QED) is 0.171. The number of rotatable bonds is 7. The zero-order valence-corrected chi connectivity index (χ0v) is 32.9. The molecule has 1 N–H and O–H groups in total. The maximum absolute atomic E-state index is 4.14. The van der Waals surface area contributed by atoms with Gasteiger partial charge < -0.3 is 5.32 Å². The molecule has 1 heterocycles. The lowest BCUT2D eigenvalue weighted by molar-refractivity contribution is 0.692. The van der Waals surface area contributed by atoms with Crippen LogP contribution in [0.4, 0.5) is 0 Å². The van der Waals surface area contributed by atoms with Crippen LogP contribution in [0.15, 0.2) is 230 Å². The van der Waals surface area contributed by atoms with Crippen LogP contribution >= 0.6 is 0 Å². The van der Waals surface area contributed by atoms with Crippen molar-refractivity contribution in [2.45, 2.75) is 24.3 Å². The molecule has 0 saturated carbocycles. The van der Waals surface area contributed by atoms with Gasteiger partial charge in [0.25, 0.3) is 0 Å². The van der Waals surface area contributed by atoms with E-state index in [0.29, 0.717) is 0 Å². The molecule has 0 spiro atoms. The Labute approximate surface area is 347 Å². The smallest absolute Gasteiger partial charge is 0.0719 e. The monoisotopic (exact) mass is 753 g/mol. The zero-order valence-electron chi connectivity index (χ0n) is 32.9. The van der Waals surface area contributed by atoms with Gasteiger partial charge in [-0.2, -0.15) is 0 Å². The molecule has 8 aromatic carbocycles. The van der Waals surface area contributed by atoms with Crippen LogP contribution < -0.4 is 5.32 Å². The Morgan fingerprint density at radius 3 is 1.76 bits per heavy atom. The molecule has 2 atom stereocenters. The number of benzene rings is 8. The second-order valence-electron chi connectivity index (χ2n) is 15.9. The van der Waals surface area contributed by atoms with Crippen molar-refractivity contribution in [2.24, 2.45) is 0 Å². The van der Waals surface area contributed by atoms with E-state index < -0.39 is 5.41 Å². The van der Waals surface area contributed by atoms with Gasteiger partial charge in [-0.05, 0) is 114 Å². The minimum absolute atomic E-state index is 0.118. The Balaban J connectivity index is 1.14. The van der Waals surface area contributed by atoms with Gasteiger partial charge in [-0.3, -0.25) is 0 Å². The topological polar surface area (TPSA) is 12.0 Å². The molecule has 1 heteroatoms. The first kappa shape index (κ1) is 35.0. The Morgan fingerprint density at radius 1 is 0.508 bits per heavy atom. The summed E-state index contributed by atoms with van der Waals surface area (Å²) in [5, 5.41) is 6.67. The van der Waals surface area contributed by atoms with Gasteiger partial charge >= 0.3 is 0 Å². The Hall–Kier alpha value is -7.22. The average molecular weight is 754 g/mol. The molecule has 1 nitrogen and oxygen atoms in total. The van der Waals surface area contributed by atoms with Crippen molar-refractivity contribution in [3.63, 3.8) is 0 Å². The third-order valence-electron chi connectivity index (χ3n) is 12.7. The summed E-state index contributed by atoms with van der Waals surface area (Å²) in [5.41, 5.74) is 18.6. The molecule has 0 radical (unpaired) electrons. The van der Waals surface area contributed by atoms with Crippen molar-refractivity contribution < 1.29 is 0 Å². The highest BCUT2D eigenvalue weighted by Gasteiger charge is 2.48. The van der Waals surface area contributed by atoms with E-state index >= 15 is 0 Å². The molecule has 280 valence electrons. The SMILES string of the molecule is C1=CCCC(C2(c3ccccc3)c3ccccc3-c3c2cc2ccccc2c3C2C=C(c3ccc(-c4ccccc4)cc3)C=C(c3ccc(-c4ccccc4)cc3)N2)=C1. The molecule has 0 amide bonds. The van der Waals surface area contributed by atoms with E-state index in [2.05, 4.69) is 230 Å². The van der Waals surface area contributed by atoms with E-state index in [1.54, 1.807) is 0 Å². The maximum atomic E-state index is 4.14. The van der Waals surface area contributed by atoms with Crippen LogP contribution in [0.25, 0.3) is 55.4 Å². The van der Waals surface area contributed by atoms with Gasteiger partial charge in [-0.25, -0.2) is 0 Å². The fourth-order valence-electron chi connectivity index (χ4n) is 10.00. The molecule has 0 saturated heterocycles. The van der Waals surface area contributed by atoms with Gasteiger partial charge in [-0.1, -0.05) is 212 Å². The van der Waals surface area contributed by atoms with Gasteiger partial charge in [0.2, 0.25) is 0 Å². The van der Waals surface area contributed by atoms with Crippen molar-refractivity contribution >= 4 is 22.0 Å². The fraction of sp³-hybridized carbons (Fsp3) is 0.0690. The minimum atomic E-state index is -0.419. The van der Waals surface area contributed by atoms with E-state index in [9.17, 15) is 0 Å². The number of hydrogen-bond acceptors (Lipinski definition) is 1. The van der Waals surface area contributed by atoms with E-state index in [-0.39, 0.29) is 6.04 Å². The summed E-state index contributed by atoms with van der Waals surface area (Å²) in [6, 6.07) is 71.3. The van der Waals surface area contributed by atoms with Crippen LogP contribution in [0.3, 0.4) is 0 Å². The van der Waals surface area contributed by atoms with Crippen molar-refractivity contribution in [3.05, 3.63) is 263 Å². The molecule has 1 aliphatic heterocycles. The number of nitrogens with one attached hydrogen (secondary N) is 1. The summed E-state index contributed by atoms with van der Waals surface area (Å²) in [4.78, 5) is 0. The summed E-state index contributed by atoms with van der Waals surface area (Å²) < 4.78 is 0. The lowest BCUT2D eigenvalue weighted by Gasteiger charge is -2.37. The number of fused-ring (bicyclic) bond motifs is 4. The zero-order chi connectivity index (χ0) is 39.2. The van der Waals surface area contributed by atoms with Crippen LogP contribution in [0, 0.1) is 0 Å². The van der Waals surface area contributed by atoms with Crippen molar-refractivity contribution in [1.29, 1.82) is 0 Å². The second-order valence-corrected chi connectivity index (χ2v) is 15.9. The Kier molecular flexibility index (Phi) is 8.67. The lowest BCUT2D eigenvalue weighted by atomic mass is 9.65. The van der Waals surface area contributed by atoms with Gasteiger partial charge in [0.05, 0.1) is 11.5 Å². The largest absolute Gasteiger partial charge is 0.374 e. The van der Waals surface area contributed by atoms with E-state index in [1.165, 1.54) is 83.1 Å². The first-order chi connectivity index (χ1) is 29.3. The van der Waals surface area contributed by atoms with Crippen molar-refractivity contribution in [3.8, 4) is 33.4 Å². The van der Waals surface area contributed by atoms with E-state index in [4.69, 9.17) is 0 Å². The van der Waals surface area contributed by atoms with Gasteiger partial charge in [0.1, 0.15) is 0 Å². The maximum Gasteiger partial charge on any atom is 0.0719 e. The summed E-state index contributed by atoms with van der Waals surface area (Å²) >= 11 is 0. The first-order valence-electron chi connectivity index (χ1n) is 20.9. The van der Waals surface area contributed by atoms with Crippen molar-refractivity contribution in [2.75, 3.05) is 0 Å². The predicted molar refractivity (Wildman–Crippen MR) is 248 cm³/mol. The molecule has 0 aromatic heterocycles. The Bertz CT molecular complexity index is 2970. The second kappa shape index (κ2) is 14.6. The van der Waals surface area contributed by atoms with E-state index in [1.807, 2.05) is 0 Å². The summed E-state index contributed by atoms with van der Waals surface area (Å²) in [7, 11) is 0. The third kappa shape index (κ3) is 5.93. The highest BCUT2D eigenvalue weighted by molar-refractivity contribution is 6.01. The number of allylic oxidation sites excluding steroid dienone is 6. The predicted octanol–water partition coefficient (Wildman–Crippen LogP) is 14.5. The third-order valence-corrected chi connectivity index (χ3v) is 12.7. The molecule has 0 fully saturated rings. The fourth-order valence-corrected chi connectivity index (χ4v) is 10.00. The highest BCUT2D eigenvalue weighted by atomic mass is 14.9. The highest BCUT2D eigenvalue weighted by Crippen LogP contribution is 2.60. The molecule has 2 unspecified atom stereocenters. The van der Waals surface area contributed by atoms with Crippen LogP contribution in [0.1, 0.15) is 52.3 Å². The van der Waals surface area contributed by atoms with Gasteiger partial charge in [0, 0.05) is 5.70 Å². The minimum Gasteiger partial charge on any atom is -0.374 e. The van der Waals surface area contributed by atoms with Crippen LogP contribution in [-0.4, -0.2) is 0 Å².